The number of fused-ring (bicyclic) bond motifs is 3. The van der Waals surface area contributed by atoms with Crippen LogP contribution in [-0.2, 0) is 9.84 Å². The average molecular weight is 464 g/mol. The van der Waals surface area contributed by atoms with Crippen LogP contribution in [0.2, 0.25) is 0 Å². The smallest absolute Gasteiger partial charge is 0.229 e. The number of hydrogen-bond donors (Lipinski definition) is 1. The molecule has 0 saturated heterocycles. The average Bonchev–Trinajstić information content (AvgIpc) is 3.26. The summed E-state index contributed by atoms with van der Waals surface area (Å²) in [5, 5.41) is 12.6. The molecule has 1 aliphatic carbocycles. The van der Waals surface area contributed by atoms with E-state index in [1.165, 1.54) is 17.4 Å². The van der Waals surface area contributed by atoms with E-state index in [4.69, 9.17) is 4.98 Å². The Hall–Kier alpha value is -3.00. The predicted molar refractivity (Wildman–Crippen MR) is 129 cm³/mol. The molecule has 0 amide bonds. The normalized spacial score (nSPS) is 19.4. The standard InChI is InChI=1S/C25H29N5O2S/c1-16(2)18-10-14-20(15-11-18)33(31,32)25-24-27-23(26-19-12-8-17(3)9-13-19)21-6-4-5-7-22(21)30(24)29-28-25/h4-7,10-11,14-17,19H,8-9,12-13H2,1-3H3,(H,26,27). The number of benzene rings is 2. The van der Waals surface area contributed by atoms with E-state index in [1.807, 2.05) is 36.4 Å². The Bertz CT molecular complexity index is 1400. The lowest BCUT2D eigenvalue weighted by Crippen LogP contribution is -2.26. The molecular formula is C25H29N5O2S. The van der Waals surface area contributed by atoms with Crippen molar-refractivity contribution in [1.82, 2.24) is 19.8 Å². The third kappa shape index (κ3) is 3.97. The number of nitrogens with zero attached hydrogens (tertiary/aromatic N) is 4. The van der Waals surface area contributed by atoms with Crippen LogP contribution < -0.4 is 5.32 Å². The third-order valence-corrected chi connectivity index (χ3v) is 8.36. The monoisotopic (exact) mass is 463 g/mol. The maximum Gasteiger partial charge on any atom is 0.229 e. The van der Waals surface area contributed by atoms with Crippen LogP contribution >= 0.6 is 0 Å². The molecule has 172 valence electrons. The van der Waals surface area contributed by atoms with E-state index in [9.17, 15) is 8.42 Å². The first-order valence-electron chi connectivity index (χ1n) is 11.6. The van der Waals surface area contributed by atoms with Crippen LogP contribution in [0.25, 0.3) is 16.6 Å². The van der Waals surface area contributed by atoms with Gasteiger partial charge in [-0.05, 0) is 67.3 Å². The minimum Gasteiger partial charge on any atom is -0.367 e. The van der Waals surface area contributed by atoms with E-state index in [-0.39, 0.29) is 15.6 Å². The second-order valence-electron chi connectivity index (χ2n) is 9.44. The van der Waals surface area contributed by atoms with Gasteiger partial charge in [0, 0.05) is 11.4 Å². The predicted octanol–water partition coefficient (Wildman–Crippen LogP) is 5.22. The zero-order valence-electron chi connectivity index (χ0n) is 19.2. The van der Waals surface area contributed by atoms with Gasteiger partial charge in [0.25, 0.3) is 0 Å². The number of rotatable bonds is 5. The van der Waals surface area contributed by atoms with Gasteiger partial charge in [0.05, 0.1) is 10.4 Å². The van der Waals surface area contributed by atoms with E-state index >= 15 is 0 Å². The highest BCUT2D eigenvalue weighted by atomic mass is 32.2. The topological polar surface area (TPSA) is 89.2 Å². The quantitative estimate of drug-likeness (QED) is 0.436. The molecule has 8 heteroatoms. The molecule has 0 unspecified atom stereocenters. The summed E-state index contributed by atoms with van der Waals surface area (Å²) < 4.78 is 28.5. The van der Waals surface area contributed by atoms with Crippen molar-refractivity contribution < 1.29 is 8.42 Å². The molecule has 4 aromatic rings. The molecule has 7 nitrogen and oxygen atoms in total. The van der Waals surface area contributed by atoms with Crippen LogP contribution in [0.4, 0.5) is 5.82 Å². The molecule has 2 aromatic heterocycles. The second kappa shape index (κ2) is 8.41. The van der Waals surface area contributed by atoms with Gasteiger partial charge < -0.3 is 5.32 Å². The van der Waals surface area contributed by atoms with Crippen LogP contribution in [0.5, 0.6) is 0 Å². The Morgan fingerprint density at radius 2 is 1.70 bits per heavy atom. The van der Waals surface area contributed by atoms with Crippen molar-refractivity contribution in [2.24, 2.45) is 5.92 Å². The zero-order valence-corrected chi connectivity index (χ0v) is 20.0. The summed E-state index contributed by atoms with van der Waals surface area (Å²) >= 11 is 0. The number of hydrogen-bond acceptors (Lipinski definition) is 6. The number of sulfone groups is 1. The first-order valence-corrected chi connectivity index (χ1v) is 13.1. The molecule has 1 N–H and O–H groups in total. The van der Waals surface area contributed by atoms with Gasteiger partial charge in [0.1, 0.15) is 5.82 Å². The Morgan fingerprint density at radius 3 is 2.39 bits per heavy atom. The minimum atomic E-state index is -3.88. The summed E-state index contributed by atoms with van der Waals surface area (Å²) in [6.45, 7) is 6.44. The van der Waals surface area contributed by atoms with Crippen molar-refractivity contribution in [3.63, 3.8) is 0 Å². The summed E-state index contributed by atoms with van der Waals surface area (Å²) in [6.07, 6.45) is 4.51. The lowest BCUT2D eigenvalue weighted by atomic mass is 9.87. The third-order valence-electron chi connectivity index (χ3n) is 6.69. The highest BCUT2D eigenvalue weighted by molar-refractivity contribution is 7.91. The SMILES string of the molecule is CC1CCC(Nc2nc3c(S(=O)(=O)c4ccc(C(C)C)cc4)nnn3c3ccccc23)CC1. The fraction of sp³-hybridized carbons (Fsp3) is 0.400. The number of para-hydroxylation sites is 1. The molecule has 0 atom stereocenters. The van der Waals surface area contributed by atoms with Crippen LogP contribution in [0.3, 0.4) is 0 Å². The van der Waals surface area contributed by atoms with E-state index in [0.717, 1.165) is 35.2 Å². The second-order valence-corrected chi connectivity index (χ2v) is 11.3. The van der Waals surface area contributed by atoms with Crippen molar-refractivity contribution in [2.45, 2.75) is 68.3 Å². The molecule has 1 fully saturated rings. The molecule has 0 spiro atoms. The summed E-state index contributed by atoms with van der Waals surface area (Å²) in [4.78, 5) is 4.96. The van der Waals surface area contributed by atoms with Crippen LogP contribution in [-0.4, -0.2) is 34.3 Å². The van der Waals surface area contributed by atoms with Gasteiger partial charge in [0.2, 0.25) is 14.9 Å². The van der Waals surface area contributed by atoms with Gasteiger partial charge in [-0.1, -0.05) is 50.3 Å². The fourth-order valence-electron chi connectivity index (χ4n) is 4.57. The largest absolute Gasteiger partial charge is 0.367 e. The lowest BCUT2D eigenvalue weighted by Gasteiger charge is -2.27. The lowest BCUT2D eigenvalue weighted by molar-refractivity contribution is 0.361. The van der Waals surface area contributed by atoms with E-state index in [1.54, 1.807) is 12.1 Å². The number of anilines is 1. The molecule has 1 aliphatic rings. The molecule has 0 bridgehead atoms. The molecule has 33 heavy (non-hydrogen) atoms. The fourth-order valence-corrected chi connectivity index (χ4v) is 5.80. The number of aromatic nitrogens is 4. The van der Waals surface area contributed by atoms with Crippen LogP contribution in [0, 0.1) is 5.92 Å². The highest BCUT2D eigenvalue weighted by Gasteiger charge is 2.28. The van der Waals surface area contributed by atoms with Crippen molar-refractivity contribution >= 4 is 32.2 Å². The first-order chi connectivity index (χ1) is 15.8. The van der Waals surface area contributed by atoms with Gasteiger partial charge in [-0.2, -0.15) is 4.52 Å². The maximum atomic E-state index is 13.5. The maximum absolute atomic E-state index is 13.5. The van der Waals surface area contributed by atoms with Gasteiger partial charge in [-0.3, -0.25) is 0 Å². The van der Waals surface area contributed by atoms with Gasteiger partial charge >= 0.3 is 0 Å². The minimum absolute atomic E-state index is 0.120. The number of nitrogens with one attached hydrogen (secondary N) is 1. The molecule has 2 heterocycles. The first kappa shape index (κ1) is 21.8. The van der Waals surface area contributed by atoms with E-state index in [2.05, 4.69) is 36.4 Å². The molecule has 1 saturated carbocycles. The van der Waals surface area contributed by atoms with Gasteiger partial charge in [0.15, 0.2) is 5.65 Å². The molecule has 2 aromatic carbocycles. The summed E-state index contributed by atoms with van der Waals surface area (Å²) in [5.41, 5.74) is 2.10. The van der Waals surface area contributed by atoms with Crippen molar-refractivity contribution in [1.29, 1.82) is 0 Å². The Balaban J connectivity index is 1.61. The van der Waals surface area contributed by atoms with E-state index < -0.39 is 9.84 Å². The van der Waals surface area contributed by atoms with E-state index in [0.29, 0.717) is 17.8 Å². The molecule has 5 rings (SSSR count). The highest BCUT2D eigenvalue weighted by Crippen LogP contribution is 2.31. The van der Waals surface area contributed by atoms with Gasteiger partial charge in [-0.15, -0.1) is 5.10 Å². The Kier molecular flexibility index (Phi) is 5.56. The van der Waals surface area contributed by atoms with Crippen molar-refractivity contribution in [2.75, 3.05) is 5.32 Å². The van der Waals surface area contributed by atoms with Crippen LogP contribution in [0.15, 0.2) is 58.5 Å². The molecular weight excluding hydrogens is 434 g/mol. The van der Waals surface area contributed by atoms with Crippen molar-refractivity contribution in [3.8, 4) is 0 Å². The Labute approximate surface area is 194 Å². The summed E-state index contributed by atoms with van der Waals surface area (Å²) in [5.74, 6) is 1.75. The summed E-state index contributed by atoms with van der Waals surface area (Å²) in [7, 11) is -3.88. The van der Waals surface area contributed by atoms with Crippen LogP contribution in [0.1, 0.15) is 57.9 Å². The summed E-state index contributed by atoms with van der Waals surface area (Å²) in [6, 6.07) is 15.1. The Morgan fingerprint density at radius 1 is 1.00 bits per heavy atom. The van der Waals surface area contributed by atoms with Gasteiger partial charge in [-0.25, -0.2) is 13.4 Å². The zero-order chi connectivity index (χ0) is 23.2. The van der Waals surface area contributed by atoms with Crippen molar-refractivity contribution in [3.05, 3.63) is 54.1 Å². The molecule has 0 aliphatic heterocycles. The molecule has 0 radical (unpaired) electrons.